The first-order valence-electron chi connectivity index (χ1n) is 9.79. The fourth-order valence-electron chi connectivity index (χ4n) is 3.39. The second kappa shape index (κ2) is 9.38. The van der Waals surface area contributed by atoms with Crippen molar-refractivity contribution in [1.82, 2.24) is 8.61 Å². The van der Waals surface area contributed by atoms with E-state index in [2.05, 4.69) is 10.6 Å². The van der Waals surface area contributed by atoms with Crippen molar-refractivity contribution in [3.8, 4) is 0 Å². The van der Waals surface area contributed by atoms with Crippen molar-refractivity contribution in [2.24, 2.45) is 0 Å². The molecule has 2 N–H and O–H groups in total. The average Bonchev–Trinajstić information content (AvgIpc) is 2.72. The van der Waals surface area contributed by atoms with E-state index in [1.54, 1.807) is 31.2 Å². The second-order valence-corrected chi connectivity index (χ2v) is 9.02. The summed E-state index contributed by atoms with van der Waals surface area (Å²) in [5, 5.41) is 5.35. The number of hydrogen-bond donors (Lipinski definition) is 2. The van der Waals surface area contributed by atoms with Gasteiger partial charge in [-0.05, 0) is 41.8 Å². The van der Waals surface area contributed by atoms with Crippen molar-refractivity contribution in [2.45, 2.75) is 26.8 Å². The lowest BCUT2D eigenvalue weighted by Crippen LogP contribution is -2.48. The maximum Gasteiger partial charge on any atom is 0.282 e. The minimum atomic E-state index is -3.77. The van der Waals surface area contributed by atoms with Crippen LogP contribution in [0.2, 0.25) is 0 Å². The largest absolute Gasteiger partial charge is 0.326 e. The number of carbonyl (C=O) groups is 2. The summed E-state index contributed by atoms with van der Waals surface area (Å²) in [6.07, 6.45) is 0.653. The average molecular weight is 431 g/mol. The van der Waals surface area contributed by atoms with Crippen LogP contribution in [0.4, 0.5) is 11.4 Å². The molecule has 1 aliphatic heterocycles. The predicted octanol–water partition coefficient (Wildman–Crippen LogP) is 2.21. The van der Waals surface area contributed by atoms with Crippen LogP contribution in [0.1, 0.15) is 25.0 Å². The number of hydrogen-bond acceptors (Lipinski definition) is 4. The van der Waals surface area contributed by atoms with Gasteiger partial charge in [-0.1, -0.05) is 31.2 Å². The Hall–Kier alpha value is -2.75. The fourth-order valence-corrected chi connectivity index (χ4v) is 4.94. The highest BCUT2D eigenvalue weighted by molar-refractivity contribution is 7.86. The van der Waals surface area contributed by atoms with E-state index in [1.807, 2.05) is 24.3 Å². The molecule has 1 heterocycles. The van der Waals surface area contributed by atoms with Crippen LogP contribution in [0.25, 0.3) is 0 Å². The minimum absolute atomic E-state index is 0.184. The molecule has 0 atom stereocenters. The van der Waals surface area contributed by atoms with E-state index in [-0.39, 0.29) is 19.0 Å². The predicted molar refractivity (Wildman–Crippen MR) is 116 cm³/mol. The number of benzene rings is 2. The number of fused-ring (bicyclic) bond motifs is 1. The van der Waals surface area contributed by atoms with Crippen LogP contribution in [0.15, 0.2) is 48.5 Å². The van der Waals surface area contributed by atoms with Gasteiger partial charge in [-0.25, -0.2) is 0 Å². The van der Waals surface area contributed by atoms with Crippen LogP contribution in [0, 0.1) is 0 Å². The quantitative estimate of drug-likeness (QED) is 0.704. The zero-order valence-corrected chi connectivity index (χ0v) is 17.9. The van der Waals surface area contributed by atoms with Crippen LogP contribution >= 0.6 is 0 Å². The van der Waals surface area contributed by atoms with Crippen molar-refractivity contribution in [2.75, 3.05) is 30.3 Å². The van der Waals surface area contributed by atoms with Crippen molar-refractivity contribution >= 4 is 33.4 Å². The van der Waals surface area contributed by atoms with Gasteiger partial charge in [0.05, 0.1) is 6.54 Å². The summed E-state index contributed by atoms with van der Waals surface area (Å²) in [6, 6.07) is 14.4. The Morgan fingerprint density at radius 1 is 1.00 bits per heavy atom. The van der Waals surface area contributed by atoms with E-state index in [1.165, 1.54) is 15.5 Å². The number of nitrogens with one attached hydrogen (secondary N) is 2. The van der Waals surface area contributed by atoms with Gasteiger partial charge in [-0.15, -0.1) is 0 Å². The minimum Gasteiger partial charge on any atom is -0.326 e. The first-order chi connectivity index (χ1) is 14.3. The summed E-state index contributed by atoms with van der Waals surface area (Å²) < 4.78 is 28.8. The van der Waals surface area contributed by atoms with Gasteiger partial charge < -0.3 is 10.6 Å². The van der Waals surface area contributed by atoms with Gasteiger partial charge in [0.25, 0.3) is 10.2 Å². The molecule has 1 aliphatic rings. The normalized spacial score (nSPS) is 14.2. The molecule has 0 aliphatic carbocycles. The van der Waals surface area contributed by atoms with Crippen LogP contribution in [-0.2, 0) is 32.8 Å². The topological polar surface area (TPSA) is 98.8 Å². The van der Waals surface area contributed by atoms with Gasteiger partial charge in [-0.3, -0.25) is 9.59 Å². The standard InChI is InChI=1S/C21H26N4O4S/c1-3-24(15-21(27)23-20-10-8-19(9-11-20)22-16(2)26)30(28,29)25-13-12-17-6-4-5-7-18(17)14-25/h4-11H,3,12-15H2,1-2H3,(H,22,26)(H,23,27). The summed E-state index contributed by atoms with van der Waals surface area (Å²) >= 11 is 0. The Bertz CT molecular complexity index is 1020. The zero-order chi connectivity index (χ0) is 21.7. The van der Waals surface area contributed by atoms with Crippen LogP contribution in [0.3, 0.4) is 0 Å². The molecule has 8 nitrogen and oxygen atoms in total. The summed E-state index contributed by atoms with van der Waals surface area (Å²) in [5.41, 5.74) is 3.29. The Morgan fingerprint density at radius 3 is 2.20 bits per heavy atom. The number of amides is 2. The van der Waals surface area contributed by atoms with E-state index >= 15 is 0 Å². The molecule has 9 heteroatoms. The lowest BCUT2D eigenvalue weighted by molar-refractivity contribution is -0.116. The second-order valence-electron chi connectivity index (χ2n) is 7.09. The lowest BCUT2D eigenvalue weighted by Gasteiger charge is -2.32. The van der Waals surface area contributed by atoms with E-state index in [9.17, 15) is 18.0 Å². The highest BCUT2D eigenvalue weighted by Gasteiger charge is 2.32. The molecule has 2 aromatic carbocycles. The third-order valence-corrected chi connectivity index (χ3v) is 6.91. The molecule has 3 rings (SSSR count). The summed E-state index contributed by atoms with van der Waals surface area (Å²) in [5.74, 6) is -0.610. The Morgan fingerprint density at radius 2 is 1.60 bits per heavy atom. The highest BCUT2D eigenvalue weighted by Crippen LogP contribution is 2.22. The summed E-state index contributed by atoms with van der Waals surface area (Å²) in [6.45, 7) is 3.74. The lowest BCUT2D eigenvalue weighted by atomic mass is 10.0. The molecule has 0 aromatic heterocycles. The number of carbonyl (C=O) groups excluding carboxylic acids is 2. The molecule has 0 fully saturated rings. The maximum atomic E-state index is 13.1. The van der Waals surface area contributed by atoms with E-state index in [0.717, 1.165) is 11.1 Å². The first kappa shape index (κ1) is 21.9. The Kier molecular flexibility index (Phi) is 6.86. The third-order valence-electron chi connectivity index (χ3n) is 4.91. The zero-order valence-electron chi connectivity index (χ0n) is 17.1. The SMILES string of the molecule is CCN(CC(=O)Nc1ccc(NC(C)=O)cc1)S(=O)(=O)N1CCc2ccccc2C1. The number of nitrogens with zero attached hydrogens (tertiary/aromatic N) is 2. The maximum absolute atomic E-state index is 13.1. The van der Waals surface area contributed by atoms with Crippen molar-refractivity contribution in [3.63, 3.8) is 0 Å². The molecule has 30 heavy (non-hydrogen) atoms. The first-order valence-corrected chi connectivity index (χ1v) is 11.2. The highest BCUT2D eigenvalue weighted by atomic mass is 32.2. The molecule has 0 unspecified atom stereocenters. The Balaban J connectivity index is 1.64. The number of rotatable bonds is 7. The molecular formula is C21H26N4O4S. The van der Waals surface area contributed by atoms with Crippen molar-refractivity contribution < 1.29 is 18.0 Å². The van der Waals surface area contributed by atoms with Gasteiger partial charge in [0.2, 0.25) is 11.8 Å². The number of likely N-dealkylation sites (N-methyl/N-ethyl adjacent to an activating group) is 1. The molecule has 0 saturated carbocycles. The molecule has 0 radical (unpaired) electrons. The van der Waals surface area contributed by atoms with Gasteiger partial charge in [0.1, 0.15) is 0 Å². The molecule has 0 saturated heterocycles. The van der Waals surface area contributed by atoms with Gasteiger partial charge in [0.15, 0.2) is 0 Å². The molecule has 0 bridgehead atoms. The van der Waals surface area contributed by atoms with Crippen LogP contribution in [-0.4, -0.2) is 48.5 Å². The van der Waals surface area contributed by atoms with Crippen molar-refractivity contribution in [3.05, 3.63) is 59.7 Å². The molecule has 2 aromatic rings. The molecule has 0 spiro atoms. The van der Waals surface area contributed by atoms with Crippen molar-refractivity contribution in [1.29, 1.82) is 0 Å². The molecular weight excluding hydrogens is 404 g/mol. The fraction of sp³-hybridized carbons (Fsp3) is 0.333. The van der Waals surface area contributed by atoms with E-state index < -0.39 is 16.1 Å². The van der Waals surface area contributed by atoms with Crippen LogP contribution in [0.5, 0.6) is 0 Å². The third kappa shape index (κ3) is 5.24. The van der Waals surface area contributed by atoms with E-state index in [0.29, 0.717) is 30.9 Å². The molecule has 160 valence electrons. The van der Waals surface area contributed by atoms with Crippen LogP contribution < -0.4 is 10.6 Å². The smallest absolute Gasteiger partial charge is 0.282 e. The molecule has 2 amide bonds. The van der Waals surface area contributed by atoms with Gasteiger partial charge in [-0.2, -0.15) is 17.0 Å². The summed E-state index contributed by atoms with van der Waals surface area (Å²) in [4.78, 5) is 23.5. The summed E-state index contributed by atoms with van der Waals surface area (Å²) in [7, 11) is -3.77. The van der Waals surface area contributed by atoms with Gasteiger partial charge >= 0.3 is 0 Å². The Labute approximate surface area is 177 Å². The monoisotopic (exact) mass is 430 g/mol. The van der Waals surface area contributed by atoms with E-state index in [4.69, 9.17) is 0 Å². The number of anilines is 2. The van der Waals surface area contributed by atoms with Gasteiger partial charge in [0, 0.05) is 37.9 Å².